The summed E-state index contributed by atoms with van der Waals surface area (Å²) < 4.78 is 30.8. The summed E-state index contributed by atoms with van der Waals surface area (Å²) in [6, 6.07) is 10.4. The average Bonchev–Trinajstić information content (AvgIpc) is 3.60. The van der Waals surface area contributed by atoms with Crippen molar-refractivity contribution in [2.75, 3.05) is 31.2 Å². The molecule has 0 aliphatic carbocycles. The number of pyridine rings is 1. The second-order valence-corrected chi connectivity index (χ2v) is 11.3. The predicted octanol–water partition coefficient (Wildman–Crippen LogP) is 0.0788. The maximum atomic E-state index is 12.6. The average molecular weight is 553 g/mol. The van der Waals surface area contributed by atoms with Gasteiger partial charge in [-0.2, -0.15) is 4.52 Å². The Labute approximate surface area is 222 Å². The first-order valence-electron chi connectivity index (χ1n) is 12.1. The van der Waals surface area contributed by atoms with Crippen molar-refractivity contribution in [3.05, 3.63) is 71.5 Å². The Balaban J connectivity index is 1.19. The Morgan fingerprint density at radius 2 is 1.95 bits per heavy atom. The van der Waals surface area contributed by atoms with Gasteiger partial charge in [0.25, 0.3) is 5.91 Å². The quantitative estimate of drug-likeness (QED) is 0.282. The van der Waals surface area contributed by atoms with Crippen molar-refractivity contribution in [1.82, 2.24) is 40.7 Å². The molecule has 1 saturated heterocycles. The van der Waals surface area contributed by atoms with Crippen molar-refractivity contribution >= 4 is 32.2 Å². The third kappa shape index (κ3) is 5.12. The van der Waals surface area contributed by atoms with Crippen molar-refractivity contribution in [3.63, 3.8) is 0 Å². The van der Waals surface area contributed by atoms with Gasteiger partial charge in [0, 0.05) is 30.1 Å². The van der Waals surface area contributed by atoms with Gasteiger partial charge in [0.15, 0.2) is 21.3 Å². The van der Waals surface area contributed by atoms with Crippen molar-refractivity contribution < 1.29 is 27.9 Å². The Bertz CT molecular complexity index is 1670. The molecule has 15 heteroatoms. The lowest BCUT2D eigenvalue weighted by molar-refractivity contribution is 0.0801. The number of hydrogen-bond acceptors (Lipinski definition) is 12. The number of nitrogens with zero attached hydrogens (tertiary/aromatic N) is 6. The zero-order chi connectivity index (χ0) is 27.0. The Kier molecular flexibility index (Phi) is 6.56. The molecule has 3 N–H and O–H groups in total. The van der Waals surface area contributed by atoms with E-state index < -0.39 is 15.9 Å². The predicted molar refractivity (Wildman–Crippen MR) is 137 cm³/mol. The van der Waals surface area contributed by atoms with E-state index in [4.69, 9.17) is 9.57 Å². The molecule has 1 aromatic carbocycles. The van der Waals surface area contributed by atoms with E-state index >= 15 is 0 Å². The van der Waals surface area contributed by atoms with Crippen LogP contribution in [0.15, 0.2) is 54.4 Å². The molecule has 4 aromatic rings. The summed E-state index contributed by atoms with van der Waals surface area (Å²) in [5, 5.41) is 25.7. The van der Waals surface area contributed by atoms with Crippen LogP contribution in [0.25, 0.3) is 16.4 Å². The van der Waals surface area contributed by atoms with Crippen molar-refractivity contribution in [1.29, 1.82) is 0 Å². The smallest absolute Gasteiger partial charge is 0.267 e. The fourth-order valence-electron chi connectivity index (χ4n) is 4.29. The number of fused-ring (bicyclic) bond motifs is 3. The molecule has 2 aliphatic heterocycles. The number of rotatable bonds is 7. The largest absolute Gasteiger partial charge is 0.470 e. The molecule has 2 aliphatic rings. The van der Waals surface area contributed by atoms with Crippen LogP contribution in [0.1, 0.15) is 27.9 Å². The molecule has 0 saturated carbocycles. The molecular weight excluding hydrogens is 528 g/mol. The minimum atomic E-state index is -3.04. The summed E-state index contributed by atoms with van der Waals surface area (Å²) in [6.07, 6.45) is 3.14. The maximum Gasteiger partial charge on any atom is 0.267 e. The van der Waals surface area contributed by atoms with E-state index in [-0.39, 0.29) is 43.7 Å². The summed E-state index contributed by atoms with van der Waals surface area (Å²) in [6.45, 7) is 0.331. The van der Waals surface area contributed by atoms with Gasteiger partial charge >= 0.3 is 0 Å². The summed E-state index contributed by atoms with van der Waals surface area (Å²) in [5.41, 5.74) is 6.97. The van der Waals surface area contributed by atoms with Crippen molar-refractivity contribution in [2.45, 2.75) is 12.6 Å². The lowest BCUT2D eigenvalue weighted by Gasteiger charge is -2.26. The van der Waals surface area contributed by atoms with Crippen molar-refractivity contribution in [2.24, 2.45) is 0 Å². The maximum absolute atomic E-state index is 12.6. The number of carbonyl (C=O) groups excluding carboxylic acids is 1. The number of carbonyl (C=O) groups is 1. The standard InChI is InChI=1S/C24H24N8O6S/c33-13-17-11-20(30-38-17)22-27-26-21-18-3-1-2-4-19(18)24(29-32(21)22)37-14-16-6-5-15(12-25-16)23(34)28-31-7-9-39(35,36)10-8-31/h1-6,11-12,20,30,33H,7-10,13-14H2,(H,28,34). The number of hydrazine groups is 1. The van der Waals surface area contributed by atoms with Gasteiger partial charge in [0.05, 0.1) is 22.8 Å². The van der Waals surface area contributed by atoms with Gasteiger partial charge < -0.3 is 14.7 Å². The number of hydrogen-bond donors (Lipinski definition) is 3. The Morgan fingerprint density at radius 1 is 1.15 bits per heavy atom. The first-order valence-corrected chi connectivity index (χ1v) is 13.9. The van der Waals surface area contributed by atoms with Crippen molar-refractivity contribution in [3.8, 4) is 5.88 Å². The highest BCUT2D eigenvalue weighted by Crippen LogP contribution is 2.29. The minimum Gasteiger partial charge on any atom is -0.470 e. The van der Waals surface area contributed by atoms with Crippen LogP contribution in [0.4, 0.5) is 0 Å². The zero-order valence-corrected chi connectivity index (χ0v) is 21.3. The second-order valence-electron chi connectivity index (χ2n) is 9.04. The number of nitrogens with one attached hydrogen (secondary N) is 2. The molecule has 14 nitrogen and oxygen atoms in total. The van der Waals surface area contributed by atoms with Crippen LogP contribution < -0.4 is 15.6 Å². The number of amides is 1. The van der Waals surface area contributed by atoms with Gasteiger partial charge in [-0.05, 0) is 24.3 Å². The lowest BCUT2D eigenvalue weighted by Crippen LogP contribution is -2.50. The molecule has 3 aromatic heterocycles. The third-order valence-corrected chi connectivity index (χ3v) is 8.01. The van der Waals surface area contributed by atoms with E-state index in [0.29, 0.717) is 34.4 Å². The second kappa shape index (κ2) is 10.2. The summed E-state index contributed by atoms with van der Waals surface area (Å²) in [7, 11) is -3.04. The summed E-state index contributed by atoms with van der Waals surface area (Å²) >= 11 is 0. The fraction of sp³-hybridized carbons (Fsp3) is 0.292. The Morgan fingerprint density at radius 3 is 2.67 bits per heavy atom. The molecule has 0 bridgehead atoms. The number of sulfone groups is 1. The van der Waals surface area contributed by atoms with E-state index in [1.807, 2.05) is 24.3 Å². The molecular formula is C24H24N8O6S. The molecule has 6 rings (SSSR count). The first kappa shape index (κ1) is 25.1. The van der Waals surface area contributed by atoms with Crippen LogP contribution in [0.3, 0.4) is 0 Å². The number of aromatic nitrogens is 5. The molecule has 0 spiro atoms. The van der Waals surface area contributed by atoms with Gasteiger partial charge in [-0.25, -0.2) is 13.4 Å². The third-order valence-electron chi connectivity index (χ3n) is 6.41. The van der Waals surface area contributed by atoms with Gasteiger partial charge in [0.2, 0.25) is 5.88 Å². The highest BCUT2D eigenvalue weighted by atomic mass is 32.2. The monoisotopic (exact) mass is 552 g/mol. The zero-order valence-electron chi connectivity index (χ0n) is 20.5. The van der Waals surface area contributed by atoms with E-state index in [2.05, 4.69) is 31.2 Å². The highest BCUT2D eigenvalue weighted by Gasteiger charge is 2.26. The molecule has 39 heavy (non-hydrogen) atoms. The number of hydroxylamine groups is 1. The molecule has 202 valence electrons. The number of benzene rings is 1. The normalized spacial score (nSPS) is 19.1. The van der Waals surface area contributed by atoms with Gasteiger partial charge in [0.1, 0.15) is 25.0 Å². The fourth-order valence-corrected chi connectivity index (χ4v) is 5.49. The van der Waals surface area contributed by atoms with E-state index in [1.54, 1.807) is 27.7 Å². The Hall–Kier alpha value is -4.18. The van der Waals surface area contributed by atoms with Crippen LogP contribution in [0.5, 0.6) is 5.88 Å². The van der Waals surface area contributed by atoms with Crippen LogP contribution in [0, 0.1) is 0 Å². The topological polar surface area (TPSA) is 173 Å². The lowest BCUT2D eigenvalue weighted by atomic mass is 10.2. The molecule has 5 heterocycles. The van der Waals surface area contributed by atoms with Gasteiger partial charge in [-0.15, -0.1) is 20.8 Å². The van der Waals surface area contributed by atoms with E-state index in [0.717, 1.165) is 10.8 Å². The molecule has 1 atom stereocenters. The van der Waals surface area contributed by atoms with Crippen LogP contribution in [0.2, 0.25) is 0 Å². The summed E-state index contributed by atoms with van der Waals surface area (Å²) in [4.78, 5) is 22.2. The number of ether oxygens (including phenoxy) is 1. The first-order chi connectivity index (χ1) is 18.9. The molecule has 1 amide bonds. The summed E-state index contributed by atoms with van der Waals surface area (Å²) in [5.74, 6) is 0.838. The highest BCUT2D eigenvalue weighted by molar-refractivity contribution is 7.91. The molecule has 1 fully saturated rings. The minimum absolute atomic E-state index is 0.0122. The number of aliphatic hydroxyl groups excluding tert-OH is 1. The van der Waals surface area contributed by atoms with Crippen LogP contribution in [-0.4, -0.2) is 80.4 Å². The molecule has 0 radical (unpaired) electrons. The number of aliphatic hydroxyl groups is 1. The SMILES string of the molecule is O=C(NN1CCS(=O)(=O)CC1)c1ccc(COc2nn3c(C4C=C(CO)ON4)nnc3c3ccccc23)nc1. The van der Waals surface area contributed by atoms with Gasteiger partial charge in [-0.1, -0.05) is 18.2 Å². The van der Waals surface area contributed by atoms with Gasteiger partial charge in [-0.3, -0.25) is 15.2 Å². The van der Waals surface area contributed by atoms with E-state index in [1.165, 1.54) is 6.20 Å². The van der Waals surface area contributed by atoms with E-state index in [9.17, 15) is 18.3 Å². The van der Waals surface area contributed by atoms with Crippen LogP contribution in [-0.2, 0) is 21.3 Å². The van der Waals surface area contributed by atoms with Crippen LogP contribution >= 0.6 is 0 Å². The molecule has 1 unspecified atom stereocenters.